The van der Waals surface area contributed by atoms with Gasteiger partial charge in [-0.3, -0.25) is 9.59 Å². The molecule has 27 heavy (non-hydrogen) atoms. The first-order chi connectivity index (χ1) is 11.9. The second-order valence-electron chi connectivity index (χ2n) is 4.25. The van der Waals surface area contributed by atoms with Crippen molar-refractivity contribution in [1.82, 2.24) is 10.6 Å². The summed E-state index contributed by atoms with van der Waals surface area (Å²) in [6.07, 6.45) is -4.56. The molecule has 0 aliphatic carbocycles. The van der Waals surface area contributed by atoms with Gasteiger partial charge in [0, 0.05) is 17.1 Å². The molecule has 0 amide bonds. The molecule has 6 N–H and O–H groups in total. The van der Waals surface area contributed by atoms with E-state index in [1.54, 1.807) is 0 Å². The van der Waals surface area contributed by atoms with Gasteiger partial charge in [-0.1, -0.05) is 0 Å². The molecule has 0 rings (SSSR count). The van der Waals surface area contributed by atoms with E-state index in [-0.39, 0.29) is 17.1 Å². The number of aliphatic carboxylic acids is 2. The van der Waals surface area contributed by atoms with Crippen LogP contribution in [0.15, 0.2) is 0 Å². The Kier molecular flexibility index (Phi) is 16.7. The van der Waals surface area contributed by atoms with Crippen molar-refractivity contribution in [3.8, 4) is 0 Å². The summed E-state index contributed by atoms with van der Waals surface area (Å²) >= 11 is 0. The fraction of sp³-hybridized carbons (Fsp3) is 0.500. The van der Waals surface area contributed by atoms with Crippen LogP contribution >= 0.6 is 0 Å². The molecule has 1 radical (unpaired) electrons. The molecule has 0 aromatic heterocycles. The Labute approximate surface area is 162 Å². The normalized spacial score (nSPS) is 11.3. The average molecular weight is 446 g/mol. The van der Waals surface area contributed by atoms with Crippen molar-refractivity contribution in [2.24, 2.45) is 0 Å². The first-order valence-electron chi connectivity index (χ1n) is 6.61. The largest absolute Gasteiger partial charge is 0.513 e. The number of likely N-dealkylation sites (N-methyl/N-ethyl adjacent to an activating group) is 2. The average Bonchev–Trinajstić information content (AvgIpc) is 2.48. The van der Waals surface area contributed by atoms with Gasteiger partial charge in [-0.05, 0) is 14.1 Å². The molecule has 0 spiro atoms. The van der Waals surface area contributed by atoms with E-state index in [1.165, 1.54) is 14.1 Å². The van der Waals surface area contributed by atoms with E-state index in [1.807, 2.05) is 0 Å². The van der Waals surface area contributed by atoms with Crippen molar-refractivity contribution >= 4 is 36.2 Å². The Bertz CT molecular complexity index is 504. The van der Waals surface area contributed by atoms with Gasteiger partial charge in [0.2, 0.25) is 0 Å². The summed E-state index contributed by atoms with van der Waals surface area (Å²) in [6, 6.07) is -2.29. The van der Waals surface area contributed by atoms with Gasteiger partial charge in [-0.2, -0.15) is 0 Å². The van der Waals surface area contributed by atoms with Gasteiger partial charge in [0.1, 0.15) is 12.1 Å². The maximum atomic E-state index is 10.8. The van der Waals surface area contributed by atoms with Crippen LogP contribution < -0.4 is 10.6 Å². The van der Waals surface area contributed by atoms with E-state index < -0.39 is 61.1 Å². The molecule has 0 heterocycles. The maximum absolute atomic E-state index is 10.8. The fourth-order valence-corrected chi connectivity index (χ4v) is 1.27. The number of nitrogens with one attached hydrogen (secondary N) is 2. The molecule has 0 aliphatic rings. The zero-order valence-electron chi connectivity index (χ0n) is 13.9. The van der Waals surface area contributed by atoms with Crippen LogP contribution in [0.4, 0.5) is 9.59 Å². The fourth-order valence-electron chi connectivity index (χ4n) is 1.27. The summed E-state index contributed by atoms with van der Waals surface area (Å²) in [5.41, 5.74) is 0. The zero-order chi connectivity index (χ0) is 20.9. The van der Waals surface area contributed by atoms with E-state index >= 15 is 0 Å². The Morgan fingerprint density at radius 3 is 1.11 bits per heavy atom. The van der Waals surface area contributed by atoms with Gasteiger partial charge < -0.3 is 40.5 Å². The minimum atomic E-state index is -1.75. The van der Waals surface area contributed by atoms with E-state index in [9.17, 15) is 28.8 Å². The Morgan fingerprint density at radius 1 is 0.704 bits per heavy atom. The number of rotatable bonds is 8. The first-order valence-corrected chi connectivity index (χ1v) is 6.61. The van der Waals surface area contributed by atoms with E-state index in [0.717, 1.165) is 0 Å². The van der Waals surface area contributed by atoms with Crippen molar-refractivity contribution in [2.75, 3.05) is 14.1 Å². The van der Waals surface area contributed by atoms with Gasteiger partial charge in [-0.15, -0.1) is 0 Å². The molecular weight excluding hydrogens is 428 g/mol. The van der Waals surface area contributed by atoms with Crippen LogP contribution in [0.25, 0.3) is 0 Å². The predicted molar refractivity (Wildman–Crippen MR) is 78.4 cm³/mol. The molecule has 2 atom stereocenters. The van der Waals surface area contributed by atoms with Crippen LogP contribution in [-0.4, -0.2) is 82.8 Å². The second kappa shape index (κ2) is 15.5. The summed E-state index contributed by atoms with van der Waals surface area (Å²) in [7, 11) is 2.66. The standard InChI is InChI=1S/2C6H9NO6.Cu/c2*1-7-3(2-4(8)9)5(10)13-6(11)12;/h2*3,7H,2H2,1H3,(H,8,9)(H,11,12);/t2*3-;/m00./s1. The van der Waals surface area contributed by atoms with Crippen LogP contribution in [-0.2, 0) is 45.7 Å². The van der Waals surface area contributed by atoms with Crippen LogP contribution in [0.3, 0.4) is 0 Å². The Hall–Kier alpha value is -2.74. The molecule has 0 aromatic rings. The number of esters is 2. The monoisotopic (exact) mass is 445 g/mol. The number of carbonyl (C=O) groups is 6. The molecule has 159 valence electrons. The molecule has 0 bridgehead atoms. The second-order valence-corrected chi connectivity index (χ2v) is 4.25. The maximum Gasteiger partial charge on any atom is 0.513 e. The van der Waals surface area contributed by atoms with E-state index in [2.05, 4.69) is 20.1 Å². The number of ether oxygens (including phenoxy) is 2. The molecule has 0 aliphatic heterocycles. The third kappa shape index (κ3) is 16.5. The van der Waals surface area contributed by atoms with Crippen LogP contribution in [0, 0.1) is 0 Å². The van der Waals surface area contributed by atoms with E-state index in [4.69, 9.17) is 20.4 Å². The predicted octanol–water partition coefficient (Wildman–Crippen LogP) is -1.46. The summed E-state index contributed by atoms with van der Waals surface area (Å²) in [5, 5.41) is 37.3. The zero-order valence-corrected chi connectivity index (χ0v) is 14.9. The number of carboxylic acid groups (broad SMARTS) is 4. The molecular formula is C12H18CuN2O12. The van der Waals surface area contributed by atoms with Crippen molar-refractivity contribution in [2.45, 2.75) is 24.9 Å². The molecule has 0 aromatic carbocycles. The van der Waals surface area contributed by atoms with Gasteiger partial charge in [-0.25, -0.2) is 19.2 Å². The van der Waals surface area contributed by atoms with Crippen molar-refractivity contribution in [1.29, 1.82) is 0 Å². The van der Waals surface area contributed by atoms with Gasteiger partial charge >= 0.3 is 36.2 Å². The number of hydrogen-bond acceptors (Lipinski definition) is 10. The Morgan fingerprint density at radius 2 is 0.963 bits per heavy atom. The van der Waals surface area contributed by atoms with Crippen LogP contribution in [0.2, 0.25) is 0 Å². The summed E-state index contributed by atoms with van der Waals surface area (Å²) < 4.78 is 7.51. The summed E-state index contributed by atoms with van der Waals surface area (Å²) in [6.45, 7) is 0. The first kappa shape index (κ1) is 29.0. The quantitative estimate of drug-likeness (QED) is 0.142. The third-order valence-corrected chi connectivity index (χ3v) is 2.40. The number of carbonyl (C=O) groups excluding carboxylic acids is 2. The minimum Gasteiger partial charge on any atom is -0.481 e. The molecule has 0 fully saturated rings. The van der Waals surface area contributed by atoms with Crippen molar-refractivity contribution in [3.05, 3.63) is 0 Å². The third-order valence-electron chi connectivity index (χ3n) is 2.40. The van der Waals surface area contributed by atoms with Crippen LogP contribution in [0.5, 0.6) is 0 Å². The van der Waals surface area contributed by atoms with Crippen LogP contribution in [0.1, 0.15) is 12.8 Å². The number of hydrogen-bond donors (Lipinski definition) is 6. The topological polar surface area (TPSA) is 226 Å². The minimum absolute atomic E-state index is 0. The molecule has 0 saturated heterocycles. The molecule has 0 unspecified atom stereocenters. The molecule has 14 nitrogen and oxygen atoms in total. The van der Waals surface area contributed by atoms with Gasteiger partial charge in [0.05, 0.1) is 12.8 Å². The van der Waals surface area contributed by atoms with Gasteiger partial charge in [0.15, 0.2) is 0 Å². The van der Waals surface area contributed by atoms with E-state index in [0.29, 0.717) is 0 Å². The van der Waals surface area contributed by atoms with Gasteiger partial charge in [0.25, 0.3) is 0 Å². The van der Waals surface area contributed by atoms with Crippen molar-refractivity contribution < 1.29 is 75.7 Å². The SMILES string of the molecule is CN[C@@H](CC(=O)O)C(=O)OC(=O)O.CN[C@@H](CC(=O)O)C(=O)OC(=O)O.[Cu]. The molecule has 15 heteroatoms. The number of carboxylic acids is 2. The smallest absolute Gasteiger partial charge is 0.481 e. The molecule has 0 saturated carbocycles. The van der Waals surface area contributed by atoms with Crippen molar-refractivity contribution in [3.63, 3.8) is 0 Å². The summed E-state index contributed by atoms with van der Waals surface area (Å²) in [4.78, 5) is 61.7. The summed E-state index contributed by atoms with van der Waals surface area (Å²) in [5.74, 6) is -4.70. The Balaban J connectivity index is -0.000000411.